The summed E-state index contributed by atoms with van der Waals surface area (Å²) in [4.78, 5) is 36.1. The third-order valence-corrected chi connectivity index (χ3v) is 2.87. The number of amides is 3. The van der Waals surface area contributed by atoms with Gasteiger partial charge in [0.1, 0.15) is 0 Å². The van der Waals surface area contributed by atoms with Gasteiger partial charge in [-0.25, -0.2) is 0 Å². The normalized spacial score (nSPS) is 11.9. The van der Waals surface area contributed by atoms with E-state index in [2.05, 4.69) is 10.6 Å². The van der Waals surface area contributed by atoms with Crippen molar-refractivity contribution >= 4 is 17.7 Å². The fourth-order valence-electron chi connectivity index (χ4n) is 1.37. The van der Waals surface area contributed by atoms with E-state index in [1.807, 2.05) is 13.8 Å². The molecule has 4 N–H and O–H groups in total. The molecule has 0 aliphatic carbocycles. The maximum Gasteiger partial charge on any atom is 0.242 e. The maximum absolute atomic E-state index is 11.8. The Kier molecular flexibility index (Phi) is 9.31. The lowest BCUT2D eigenvalue weighted by atomic mass is 10.1. The molecular weight excluding hydrogens is 276 g/mol. The van der Waals surface area contributed by atoms with Crippen LogP contribution in [0.15, 0.2) is 0 Å². The van der Waals surface area contributed by atoms with Gasteiger partial charge < -0.3 is 26.0 Å². The first-order chi connectivity index (χ1) is 9.79. The summed E-state index contributed by atoms with van der Waals surface area (Å²) in [6, 6.07) is -0.652. The summed E-state index contributed by atoms with van der Waals surface area (Å²) >= 11 is 0. The van der Waals surface area contributed by atoms with Crippen molar-refractivity contribution in [3.05, 3.63) is 0 Å². The molecule has 8 nitrogen and oxygen atoms in total. The Hall–Kier alpha value is -1.67. The lowest BCUT2D eigenvalue weighted by molar-refractivity contribution is -0.135. The highest BCUT2D eigenvalue weighted by molar-refractivity contribution is 5.89. The number of hydrogen-bond acceptors (Lipinski definition) is 5. The standard InChI is InChI=1S/C13H26N4O4/c1-9(2)12(14)13(20)16-7-11(19)17(3)8-10(18)15-5-6-21-4/h9,12H,5-8,14H2,1-4H3,(H,15,18)(H,16,20)/t12-/m0/s1. The first-order valence-corrected chi connectivity index (χ1v) is 6.82. The summed E-state index contributed by atoms with van der Waals surface area (Å²) in [7, 11) is 3.03. The van der Waals surface area contributed by atoms with E-state index in [4.69, 9.17) is 10.5 Å². The Labute approximate surface area is 125 Å². The molecule has 8 heteroatoms. The number of rotatable bonds is 9. The molecule has 0 aliphatic rings. The molecule has 0 fully saturated rings. The zero-order chi connectivity index (χ0) is 16.4. The van der Waals surface area contributed by atoms with Crippen LogP contribution in [0.2, 0.25) is 0 Å². The average molecular weight is 302 g/mol. The zero-order valence-electron chi connectivity index (χ0n) is 13.1. The van der Waals surface area contributed by atoms with E-state index in [0.29, 0.717) is 13.2 Å². The Bertz CT molecular complexity index is 360. The zero-order valence-corrected chi connectivity index (χ0v) is 13.1. The van der Waals surface area contributed by atoms with E-state index >= 15 is 0 Å². The van der Waals surface area contributed by atoms with Crippen LogP contribution in [0.5, 0.6) is 0 Å². The first kappa shape index (κ1) is 19.3. The van der Waals surface area contributed by atoms with Crippen molar-refractivity contribution < 1.29 is 19.1 Å². The molecule has 0 aliphatic heterocycles. The molecule has 122 valence electrons. The topological polar surface area (TPSA) is 114 Å². The van der Waals surface area contributed by atoms with Gasteiger partial charge >= 0.3 is 0 Å². The summed E-state index contributed by atoms with van der Waals surface area (Å²) in [6.07, 6.45) is 0. The molecule has 0 aromatic carbocycles. The van der Waals surface area contributed by atoms with E-state index in [0.717, 1.165) is 0 Å². The van der Waals surface area contributed by atoms with Crippen molar-refractivity contribution in [1.82, 2.24) is 15.5 Å². The quantitative estimate of drug-likeness (QED) is 0.440. The number of ether oxygens (including phenoxy) is 1. The number of nitrogens with two attached hydrogens (primary N) is 1. The van der Waals surface area contributed by atoms with Crippen LogP contribution in [0.4, 0.5) is 0 Å². The lowest BCUT2D eigenvalue weighted by Gasteiger charge is -2.19. The number of methoxy groups -OCH3 is 1. The largest absolute Gasteiger partial charge is 0.383 e. The van der Waals surface area contributed by atoms with Gasteiger partial charge in [0.25, 0.3) is 0 Å². The molecule has 0 unspecified atom stereocenters. The van der Waals surface area contributed by atoms with Gasteiger partial charge in [0.15, 0.2) is 0 Å². The second kappa shape index (κ2) is 10.1. The van der Waals surface area contributed by atoms with E-state index in [9.17, 15) is 14.4 Å². The average Bonchev–Trinajstić information content (AvgIpc) is 2.43. The Balaban J connectivity index is 4.05. The fourth-order valence-corrected chi connectivity index (χ4v) is 1.37. The van der Waals surface area contributed by atoms with Crippen molar-refractivity contribution in [1.29, 1.82) is 0 Å². The maximum atomic E-state index is 11.8. The van der Waals surface area contributed by atoms with Gasteiger partial charge in [-0.15, -0.1) is 0 Å². The summed E-state index contributed by atoms with van der Waals surface area (Å²) in [5.41, 5.74) is 5.66. The molecule has 0 bridgehead atoms. The Morgan fingerprint density at radius 3 is 2.38 bits per heavy atom. The van der Waals surface area contributed by atoms with Crippen LogP contribution in [0.25, 0.3) is 0 Å². The van der Waals surface area contributed by atoms with E-state index in [1.54, 1.807) is 0 Å². The van der Waals surface area contributed by atoms with Crippen molar-refractivity contribution in [2.75, 3.05) is 40.4 Å². The summed E-state index contributed by atoms with van der Waals surface area (Å²) in [6.45, 7) is 4.19. The van der Waals surface area contributed by atoms with Crippen LogP contribution in [0.3, 0.4) is 0 Å². The Morgan fingerprint density at radius 1 is 1.24 bits per heavy atom. The lowest BCUT2D eigenvalue weighted by Crippen LogP contribution is -2.48. The summed E-state index contributed by atoms with van der Waals surface area (Å²) < 4.78 is 4.80. The van der Waals surface area contributed by atoms with Crippen LogP contribution in [-0.4, -0.2) is 69.1 Å². The SMILES string of the molecule is COCCNC(=O)CN(C)C(=O)CNC(=O)[C@@H](N)C(C)C. The van der Waals surface area contributed by atoms with Gasteiger partial charge in [-0.05, 0) is 5.92 Å². The van der Waals surface area contributed by atoms with Crippen LogP contribution < -0.4 is 16.4 Å². The van der Waals surface area contributed by atoms with E-state index < -0.39 is 6.04 Å². The number of carbonyl (C=O) groups is 3. The van der Waals surface area contributed by atoms with Gasteiger partial charge in [0.2, 0.25) is 17.7 Å². The molecule has 0 heterocycles. The van der Waals surface area contributed by atoms with Gasteiger partial charge in [0.05, 0.1) is 25.7 Å². The fraction of sp³-hybridized carbons (Fsp3) is 0.769. The highest BCUT2D eigenvalue weighted by Gasteiger charge is 2.19. The monoisotopic (exact) mass is 302 g/mol. The minimum Gasteiger partial charge on any atom is -0.383 e. The number of nitrogens with one attached hydrogen (secondary N) is 2. The number of hydrogen-bond donors (Lipinski definition) is 3. The summed E-state index contributed by atoms with van der Waals surface area (Å²) in [5.74, 6) is -1.03. The van der Waals surface area contributed by atoms with Crippen LogP contribution in [-0.2, 0) is 19.1 Å². The van der Waals surface area contributed by atoms with Crippen molar-refractivity contribution in [2.45, 2.75) is 19.9 Å². The predicted molar refractivity (Wildman–Crippen MR) is 78.3 cm³/mol. The van der Waals surface area contributed by atoms with Crippen LogP contribution in [0.1, 0.15) is 13.8 Å². The molecule has 1 atom stereocenters. The third kappa shape index (κ3) is 8.26. The molecule has 0 saturated heterocycles. The van der Waals surface area contributed by atoms with Gasteiger partial charge in [-0.2, -0.15) is 0 Å². The molecule has 0 radical (unpaired) electrons. The predicted octanol–water partition coefficient (Wildman–Crippen LogP) is -1.69. The minimum absolute atomic E-state index is 0.00982. The first-order valence-electron chi connectivity index (χ1n) is 6.82. The van der Waals surface area contributed by atoms with Crippen molar-refractivity contribution in [3.63, 3.8) is 0 Å². The second-order valence-corrected chi connectivity index (χ2v) is 5.08. The molecule has 3 amide bonds. The van der Waals surface area contributed by atoms with Crippen LogP contribution in [0, 0.1) is 5.92 Å². The number of nitrogens with zero attached hydrogens (tertiary/aromatic N) is 1. The molecule has 0 spiro atoms. The van der Waals surface area contributed by atoms with Crippen molar-refractivity contribution in [2.24, 2.45) is 11.7 Å². The number of carbonyl (C=O) groups excluding carboxylic acids is 3. The Morgan fingerprint density at radius 2 is 1.86 bits per heavy atom. The van der Waals surface area contributed by atoms with Gasteiger partial charge in [0, 0.05) is 20.7 Å². The van der Waals surface area contributed by atoms with Crippen molar-refractivity contribution in [3.8, 4) is 0 Å². The molecule has 0 saturated carbocycles. The molecular formula is C13H26N4O4. The smallest absolute Gasteiger partial charge is 0.242 e. The minimum atomic E-state index is -0.652. The van der Waals surface area contributed by atoms with E-state index in [-0.39, 0.29) is 36.7 Å². The highest BCUT2D eigenvalue weighted by atomic mass is 16.5. The molecule has 0 rings (SSSR count). The van der Waals surface area contributed by atoms with E-state index in [1.165, 1.54) is 19.1 Å². The molecule has 21 heavy (non-hydrogen) atoms. The third-order valence-electron chi connectivity index (χ3n) is 2.87. The second-order valence-electron chi connectivity index (χ2n) is 5.08. The van der Waals surface area contributed by atoms with Gasteiger partial charge in [-0.1, -0.05) is 13.8 Å². The highest BCUT2D eigenvalue weighted by Crippen LogP contribution is 1.97. The molecule has 0 aromatic heterocycles. The van der Waals surface area contributed by atoms with Gasteiger partial charge in [-0.3, -0.25) is 14.4 Å². The van der Waals surface area contributed by atoms with Crippen LogP contribution >= 0.6 is 0 Å². The number of likely N-dealkylation sites (N-methyl/N-ethyl adjacent to an activating group) is 1. The molecule has 0 aromatic rings. The summed E-state index contributed by atoms with van der Waals surface area (Å²) in [5, 5.41) is 5.07.